The molecule has 2 heterocycles. The number of hydrogen-bond acceptors (Lipinski definition) is 4. The quantitative estimate of drug-likeness (QED) is 0.736. The van der Waals surface area contributed by atoms with Gasteiger partial charge in [0.15, 0.2) is 11.5 Å². The minimum atomic E-state index is -0.420. The molecule has 2 aliphatic rings. The summed E-state index contributed by atoms with van der Waals surface area (Å²) in [4.78, 5) is 0. The third-order valence-electron chi connectivity index (χ3n) is 4.31. The van der Waals surface area contributed by atoms with E-state index < -0.39 is 7.12 Å². The molecule has 0 bridgehead atoms. The lowest BCUT2D eigenvalue weighted by atomic mass is 9.78. The molecule has 1 fully saturated rings. The molecule has 1 aromatic rings. The molecule has 0 saturated carbocycles. The highest BCUT2D eigenvalue weighted by atomic mass is 16.7. The van der Waals surface area contributed by atoms with Gasteiger partial charge in [-0.05, 0) is 33.8 Å². The van der Waals surface area contributed by atoms with Crippen molar-refractivity contribution in [2.75, 3.05) is 13.2 Å². The molecule has 0 spiro atoms. The van der Waals surface area contributed by atoms with Crippen LogP contribution in [-0.2, 0) is 9.31 Å². The summed E-state index contributed by atoms with van der Waals surface area (Å²) < 4.78 is 23.8. The van der Waals surface area contributed by atoms with Crippen molar-refractivity contribution in [3.8, 4) is 11.5 Å². The zero-order valence-corrected chi connectivity index (χ0v) is 12.6. The molecule has 1 aromatic carbocycles. The van der Waals surface area contributed by atoms with Gasteiger partial charge in [0, 0.05) is 11.9 Å². The van der Waals surface area contributed by atoms with Crippen molar-refractivity contribution in [3.05, 3.63) is 18.2 Å². The summed E-state index contributed by atoms with van der Waals surface area (Å²) >= 11 is 0. The number of ether oxygens (including phenoxy) is 2. The van der Waals surface area contributed by atoms with E-state index in [1.165, 1.54) is 0 Å². The lowest BCUT2D eigenvalue weighted by Crippen LogP contribution is -2.41. The average Bonchev–Trinajstić information content (AvgIpc) is 2.57. The first-order valence-electron chi connectivity index (χ1n) is 7.15. The van der Waals surface area contributed by atoms with Crippen molar-refractivity contribution in [1.82, 2.24) is 0 Å². The van der Waals surface area contributed by atoms with E-state index in [4.69, 9.17) is 18.8 Å². The summed E-state index contributed by atoms with van der Waals surface area (Å²) in [5, 5.41) is 0. The Morgan fingerprint density at radius 1 is 0.950 bits per heavy atom. The van der Waals surface area contributed by atoms with Crippen LogP contribution >= 0.6 is 0 Å². The Kier molecular flexibility index (Phi) is 3.22. The second kappa shape index (κ2) is 4.67. The molecule has 3 rings (SSSR count). The van der Waals surface area contributed by atoms with Crippen molar-refractivity contribution in [2.24, 2.45) is 0 Å². The smallest absolute Gasteiger partial charge is 0.490 e. The Morgan fingerprint density at radius 3 is 2.30 bits per heavy atom. The van der Waals surface area contributed by atoms with Crippen LogP contribution < -0.4 is 14.9 Å². The third-order valence-corrected chi connectivity index (χ3v) is 4.31. The highest BCUT2D eigenvalue weighted by Crippen LogP contribution is 2.38. The number of hydrogen-bond donors (Lipinski definition) is 0. The first kappa shape index (κ1) is 13.8. The summed E-state index contributed by atoms with van der Waals surface area (Å²) in [6.07, 6.45) is 0.886. The minimum absolute atomic E-state index is 0.355. The molecule has 1 saturated heterocycles. The van der Waals surface area contributed by atoms with E-state index >= 15 is 0 Å². The highest BCUT2D eigenvalue weighted by molar-refractivity contribution is 6.63. The largest absolute Gasteiger partial charge is 0.498 e. The van der Waals surface area contributed by atoms with Crippen molar-refractivity contribution in [1.29, 1.82) is 0 Å². The van der Waals surface area contributed by atoms with Crippen LogP contribution in [0.1, 0.15) is 34.1 Å². The SMILES string of the molecule is CC1(C)OB(c2cccc3c2OCCCO3)OC1(C)C. The van der Waals surface area contributed by atoms with Gasteiger partial charge >= 0.3 is 7.12 Å². The normalized spacial score (nSPS) is 23.5. The van der Waals surface area contributed by atoms with Crippen LogP contribution in [0.25, 0.3) is 0 Å². The van der Waals surface area contributed by atoms with Crippen LogP contribution in [0.4, 0.5) is 0 Å². The standard InChI is InChI=1S/C15H21BO4/c1-14(2)15(3,4)20-16(19-14)11-7-5-8-12-13(11)18-10-6-9-17-12/h5,7-8H,6,9-10H2,1-4H3. The summed E-state index contributed by atoms with van der Waals surface area (Å²) in [5.41, 5.74) is 0.195. The van der Waals surface area contributed by atoms with Crippen molar-refractivity contribution >= 4 is 12.6 Å². The van der Waals surface area contributed by atoms with E-state index in [1.807, 2.05) is 45.9 Å². The average molecular weight is 276 g/mol. The Morgan fingerprint density at radius 2 is 1.60 bits per heavy atom. The molecule has 5 heteroatoms. The Bertz CT molecular complexity index is 497. The maximum atomic E-state index is 6.10. The maximum absolute atomic E-state index is 6.10. The van der Waals surface area contributed by atoms with Crippen molar-refractivity contribution in [2.45, 2.75) is 45.3 Å². The summed E-state index contributed by atoms with van der Waals surface area (Å²) in [5.74, 6) is 1.53. The van der Waals surface area contributed by atoms with E-state index in [-0.39, 0.29) is 11.2 Å². The first-order chi connectivity index (χ1) is 9.41. The van der Waals surface area contributed by atoms with Crippen LogP contribution in [-0.4, -0.2) is 31.5 Å². The second-order valence-corrected chi connectivity index (χ2v) is 6.31. The van der Waals surface area contributed by atoms with Crippen LogP contribution in [0, 0.1) is 0 Å². The number of rotatable bonds is 1. The van der Waals surface area contributed by atoms with E-state index in [0.717, 1.165) is 23.4 Å². The fourth-order valence-electron chi connectivity index (χ4n) is 2.37. The lowest BCUT2D eigenvalue weighted by molar-refractivity contribution is 0.00578. The summed E-state index contributed by atoms with van der Waals surface area (Å²) in [6.45, 7) is 9.53. The van der Waals surface area contributed by atoms with Gasteiger partial charge in [0.25, 0.3) is 0 Å². The van der Waals surface area contributed by atoms with Crippen LogP contribution in [0.15, 0.2) is 18.2 Å². The Balaban J connectivity index is 1.96. The molecule has 20 heavy (non-hydrogen) atoms. The predicted molar refractivity (Wildman–Crippen MR) is 77.8 cm³/mol. The topological polar surface area (TPSA) is 36.9 Å². The maximum Gasteiger partial charge on any atom is 0.498 e. The second-order valence-electron chi connectivity index (χ2n) is 6.31. The number of fused-ring (bicyclic) bond motifs is 1. The van der Waals surface area contributed by atoms with Crippen LogP contribution in [0.2, 0.25) is 0 Å². The van der Waals surface area contributed by atoms with Gasteiger partial charge in [-0.15, -0.1) is 0 Å². The van der Waals surface area contributed by atoms with Gasteiger partial charge in [0.05, 0.1) is 24.4 Å². The van der Waals surface area contributed by atoms with Gasteiger partial charge in [0.2, 0.25) is 0 Å². The molecule has 2 aliphatic heterocycles. The summed E-state index contributed by atoms with van der Waals surface area (Å²) in [6, 6.07) is 5.86. The highest BCUT2D eigenvalue weighted by Gasteiger charge is 2.52. The molecule has 0 aliphatic carbocycles. The molecule has 0 atom stereocenters. The van der Waals surface area contributed by atoms with E-state index in [1.54, 1.807) is 0 Å². The molecule has 0 aromatic heterocycles. The number of benzene rings is 1. The lowest BCUT2D eigenvalue weighted by Gasteiger charge is -2.32. The fourth-order valence-corrected chi connectivity index (χ4v) is 2.37. The monoisotopic (exact) mass is 276 g/mol. The first-order valence-corrected chi connectivity index (χ1v) is 7.15. The van der Waals surface area contributed by atoms with Gasteiger partial charge in [-0.3, -0.25) is 0 Å². The van der Waals surface area contributed by atoms with Crippen molar-refractivity contribution < 1.29 is 18.8 Å². The molecular weight excluding hydrogens is 255 g/mol. The molecule has 0 N–H and O–H groups in total. The molecular formula is C15H21BO4. The van der Waals surface area contributed by atoms with E-state index in [2.05, 4.69) is 0 Å². The van der Waals surface area contributed by atoms with Gasteiger partial charge in [-0.2, -0.15) is 0 Å². The van der Waals surface area contributed by atoms with E-state index in [0.29, 0.717) is 13.2 Å². The van der Waals surface area contributed by atoms with E-state index in [9.17, 15) is 0 Å². The van der Waals surface area contributed by atoms with Gasteiger partial charge in [-0.1, -0.05) is 12.1 Å². The fraction of sp³-hybridized carbons (Fsp3) is 0.600. The molecule has 0 amide bonds. The molecule has 4 nitrogen and oxygen atoms in total. The molecule has 108 valence electrons. The van der Waals surface area contributed by atoms with Gasteiger partial charge < -0.3 is 18.8 Å². The third kappa shape index (κ3) is 2.19. The van der Waals surface area contributed by atoms with Crippen LogP contribution in [0.3, 0.4) is 0 Å². The van der Waals surface area contributed by atoms with Crippen LogP contribution in [0.5, 0.6) is 11.5 Å². The Labute approximate surface area is 120 Å². The molecule has 0 unspecified atom stereocenters. The minimum Gasteiger partial charge on any atom is -0.490 e. The molecule has 0 radical (unpaired) electrons. The van der Waals surface area contributed by atoms with Gasteiger partial charge in [-0.25, -0.2) is 0 Å². The zero-order chi connectivity index (χ0) is 14.4. The summed E-state index contributed by atoms with van der Waals surface area (Å²) in [7, 11) is -0.420. The van der Waals surface area contributed by atoms with Crippen molar-refractivity contribution in [3.63, 3.8) is 0 Å². The van der Waals surface area contributed by atoms with Gasteiger partial charge in [0.1, 0.15) is 0 Å². The predicted octanol–water partition coefficient (Wildman–Crippen LogP) is 2.15. The zero-order valence-electron chi connectivity index (χ0n) is 12.6. The Hall–Kier alpha value is -1.20. The number of para-hydroxylation sites is 1.